The SMILES string of the molecule is C.CCc1cc(-c2ccc(N)c(Cl)c2)ccc1N. The summed E-state index contributed by atoms with van der Waals surface area (Å²) < 4.78 is 0. The van der Waals surface area contributed by atoms with Crippen LogP contribution in [0.4, 0.5) is 11.4 Å². The quantitative estimate of drug-likeness (QED) is 0.790. The first-order valence-electron chi connectivity index (χ1n) is 5.55. The van der Waals surface area contributed by atoms with Crippen LogP contribution in [0.5, 0.6) is 0 Å². The van der Waals surface area contributed by atoms with Crippen LogP contribution in [0.25, 0.3) is 11.1 Å². The van der Waals surface area contributed by atoms with Gasteiger partial charge in [0.15, 0.2) is 0 Å². The first-order valence-corrected chi connectivity index (χ1v) is 5.93. The van der Waals surface area contributed by atoms with Gasteiger partial charge in [-0.1, -0.05) is 38.1 Å². The van der Waals surface area contributed by atoms with E-state index in [1.54, 1.807) is 0 Å². The van der Waals surface area contributed by atoms with Crippen molar-refractivity contribution in [2.45, 2.75) is 20.8 Å². The number of hydrogen-bond donors (Lipinski definition) is 2. The normalized spacial score (nSPS) is 9.89. The summed E-state index contributed by atoms with van der Waals surface area (Å²) >= 11 is 6.02. The van der Waals surface area contributed by atoms with E-state index in [2.05, 4.69) is 13.0 Å². The number of anilines is 2. The molecular formula is C15H19ClN2. The maximum Gasteiger partial charge on any atom is 0.0641 e. The molecule has 0 heterocycles. The summed E-state index contributed by atoms with van der Waals surface area (Å²) in [6.07, 6.45) is 0.919. The molecule has 4 N–H and O–H groups in total. The zero-order valence-corrected chi connectivity index (χ0v) is 10.5. The Morgan fingerprint density at radius 3 is 2.06 bits per heavy atom. The van der Waals surface area contributed by atoms with Crippen LogP contribution in [0.15, 0.2) is 36.4 Å². The second kappa shape index (κ2) is 5.78. The first-order chi connectivity index (χ1) is 8.11. The maximum atomic E-state index is 6.02. The van der Waals surface area contributed by atoms with E-state index in [0.29, 0.717) is 10.7 Å². The molecule has 0 fully saturated rings. The van der Waals surface area contributed by atoms with Crippen molar-refractivity contribution >= 4 is 23.0 Å². The average Bonchev–Trinajstić information content (AvgIpc) is 2.33. The van der Waals surface area contributed by atoms with Gasteiger partial charge in [0, 0.05) is 5.69 Å². The third kappa shape index (κ3) is 2.77. The minimum Gasteiger partial charge on any atom is -0.399 e. The molecule has 0 radical (unpaired) electrons. The predicted octanol–water partition coefficient (Wildman–Crippen LogP) is 4.37. The molecule has 2 aromatic carbocycles. The highest BCUT2D eigenvalue weighted by Gasteiger charge is 2.04. The van der Waals surface area contributed by atoms with E-state index in [1.165, 1.54) is 0 Å². The van der Waals surface area contributed by atoms with E-state index in [4.69, 9.17) is 23.1 Å². The van der Waals surface area contributed by atoms with Gasteiger partial charge in [0.2, 0.25) is 0 Å². The summed E-state index contributed by atoms with van der Waals surface area (Å²) in [7, 11) is 0. The molecule has 2 rings (SSSR count). The minimum atomic E-state index is 0. The van der Waals surface area contributed by atoms with Crippen LogP contribution in [0, 0.1) is 0 Å². The highest BCUT2D eigenvalue weighted by molar-refractivity contribution is 6.33. The predicted molar refractivity (Wildman–Crippen MR) is 81.8 cm³/mol. The molecule has 2 aromatic rings. The van der Waals surface area contributed by atoms with Crippen molar-refractivity contribution in [1.82, 2.24) is 0 Å². The zero-order valence-electron chi connectivity index (χ0n) is 9.70. The fraction of sp³-hybridized carbons (Fsp3) is 0.200. The Morgan fingerprint density at radius 1 is 0.944 bits per heavy atom. The van der Waals surface area contributed by atoms with Crippen LogP contribution in [0.2, 0.25) is 5.02 Å². The van der Waals surface area contributed by atoms with E-state index >= 15 is 0 Å². The topological polar surface area (TPSA) is 52.0 Å². The molecule has 0 aliphatic rings. The van der Waals surface area contributed by atoms with E-state index in [-0.39, 0.29) is 7.43 Å². The lowest BCUT2D eigenvalue weighted by Crippen LogP contribution is -1.93. The summed E-state index contributed by atoms with van der Waals surface area (Å²) in [6, 6.07) is 11.7. The summed E-state index contributed by atoms with van der Waals surface area (Å²) in [4.78, 5) is 0. The zero-order chi connectivity index (χ0) is 12.4. The maximum absolute atomic E-state index is 6.02. The van der Waals surface area contributed by atoms with Crippen molar-refractivity contribution in [3.63, 3.8) is 0 Å². The van der Waals surface area contributed by atoms with Crippen molar-refractivity contribution in [2.24, 2.45) is 0 Å². The molecule has 96 valence electrons. The van der Waals surface area contributed by atoms with E-state index in [1.807, 2.05) is 30.3 Å². The van der Waals surface area contributed by atoms with Gasteiger partial charge in [0.25, 0.3) is 0 Å². The second-order valence-electron chi connectivity index (χ2n) is 4.00. The molecule has 0 unspecified atom stereocenters. The van der Waals surface area contributed by atoms with Gasteiger partial charge >= 0.3 is 0 Å². The number of rotatable bonds is 2. The van der Waals surface area contributed by atoms with Crippen LogP contribution < -0.4 is 11.5 Å². The fourth-order valence-electron chi connectivity index (χ4n) is 1.80. The van der Waals surface area contributed by atoms with Crippen LogP contribution in [0.1, 0.15) is 19.9 Å². The third-order valence-electron chi connectivity index (χ3n) is 2.86. The number of benzene rings is 2. The Kier molecular flexibility index (Phi) is 4.62. The van der Waals surface area contributed by atoms with Gasteiger partial charge in [-0.05, 0) is 47.4 Å². The van der Waals surface area contributed by atoms with Crippen LogP contribution >= 0.6 is 11.6 Å². The lowest BCUT2D eigenvalue weighted by atomic mass is 10.0. The average molecular weight is 263 g/mol. The standard InChI is InChI=1S/C14H15ClN2.CH4/c1-2-9-7-10(3-5-13(9)16)11-4-6-14(17)12(15)8-11;/h3-8H,2,16-17H2,1H3;1H4. The van der Waals surface area contributed by atoms with Crippen molar-refractivity contribution in [3.8, 4) is 11.1 Å². The molecule has 0 aromatic heterocycles. The third-order valence-corrected chi connectivity index (χ3v) is 3.18. The van der Waals surface area contributed by atoms with E-state index in [9.17, 15) is 0 Å². The number of nitrogens with two attached hydrogens (primary N) is 2. The van der Waals surface area contributed by atoms with Crippen molar-refractivity contribution in [3.05, 3.63) is 47.0 Å². The molecular weight excluding hydrogens is 244 g/mol. The second-order valence-corrected chi connectivity index (χ2v) is 4.41. The number of halogens is 1. The smallest absolute Gasteiger partial charge is 0.0641 e. The summed E-state index contributed by atoms with van der Waals surface area (Å²) in [5.41, 5.74) is 16.3. The van der Waals surface area contributed by atoms with Gasteiger partial charge in [-0.2, -0.15) is 0 Å². The molecule has 2 nitrogen and oxygen atoms in total. The summed E-state index contributed by atoms with van der Waals surface area (Å²) in [5.74, 6) is 0. The number of aryl methyl sites for hydroxylation is 1. The lowest BCUT2D eigenvalue weighted by Gasteiger charge is -2.08. The summed E-state index contributed by atoms with van der Waals surface area (Å²) in [5, 5.41) is 0.581. The van der Waals surface area contributed by atoms with Gasteiger partial charge in [-0.3, -0.25) is 0 Å². The Labute approximate surface area is 114 Å². The van der Waals surface area contributed by atoms with Crippen LogP contribution in [-0.4, -0.2) is 0 Å². The van der Waals surface area contributed by atoms with Crippen molar-refractivity contribution in [2.75, 3.05) is 11.5 Å². The Balaban J connectivity index is 0.00000162. The van der Waals surface area contributed by atoms with Crippen molar-refractivity contribution in [1.29, 1.82) is 0 Å². The number of nitrogen functional groups attached to an aromatic ring is 2. The van der Waals surface area contributed by atoms with Gasteiger partial charge in [0.1, 0.15) is 0 Å². The largest absolute Gasteiger partial charge is 0.399 e. The molecule has 3 heteroatoms. The molecule has 0 aliphatic carbocycles. The molecule has 18 heavy (non-hydrogen) atoms. The number of hydrogen-bond acceptors (Lipinski definition) is 2. The fourth-order valence-corrected chi connectivity index (χ4v) is 1.98. The minimum absolute atomic E-state index is 0. The Hall–Kier alpha value is -1.67. The van der Waals surface area contributed by atoms with Crippen LogP contribution in [0.3, 0.4) is 0 Å². The monoisotopic (exact) mass is 262 g/mol. The molecule has 0 saturated carbocycles. The van der Waals surface area contributed by atoms with E-state index < -0.39 is 0 Å². The van der Waals surface area contributed by atoms with Gasteiger partial charge in [-0.25, -0.2) is 0 Å². The highest BCUT2D eigenvalue weighted by Crippen LogP contribution is 2.29. The molecule has 0 atom stereocenters. The van der Waals surface area contributed by atoms with Crippen LogP contribution in [-0.2, 0) is 6.42 Å². The molecule has 0 amide bonds. The first kappa shape index (κ1) is 14.4. The van der Waals surface area contributed by atoms with Gasteiger partial charge in [0.05, 0.1) is 10.7 Å². The Bertz CT molecular complexity index is 550. The van der Waals surface area contributed by atoms with Gasteiger partial charge in [-0.15, -0.1) is 0 Å². The molecule has 0 spiro atoms. The Morgan fingerprint density at radius 2 is 1.50 bits per heavy atom. The van der Waals surface area contributed by atoms with Crippen molar-refractivity contribution < 1.29 is 0 Å². The van der Waals surface area contributed by atoms with Gasteiger partial charge < -0.3 is 11.5 Å². The highest BCUT2D eigenvalue weighted by atomic mass is 35.5. The molecule has 0 saturated heterocycles. The summed E-state index contributed by atoms with van der Waals surface area (Å²) in [6.45, 7) is 2.09. The van der Waals surface area contributed by atoms with E-state index in [0.717, 1.165) is 28.8 Å². The lowest BCUT2D eigenvalue weighted by molar-refractivity contribution is 1.15. The molecule has 0 aliphatic heterocycles. The molecule has 0 bridgehead atoms.